The molecule has 0 aliphatic rings. The molecular formula is C15H11IO2. The van der Waals surface area contributed by atoms with Gasteiger partial charge in [-0.2, -0.15) is 0 Å². The number of para-hydroxylation sites is 1. The number of phenolic OH excluding ortho intramolecular Hbond substituents is 1. The molecule has 0 spiro atoms. The summed E-state index contributed by atoms with van der Waals surface area (Å²) in [5.41, 5.74) is 1.28. The summed E-state index contributed by atoms with van der Waals surface area (Å²) in [6.45, 7) is 0. The highest BCUT2D eigenvalue weighted by Gasteiger charge is 2.02. The Kier molecular flexibility index (Phi) is 4.15. The van der Waals surface area contributed by atoms with Crippen molar-refractivity contribution >= 4 is 34.5 Å². The van der Waals surface area contributed by atoms with Gasteiger partial charge in [-0.25, -0.2) is 0 Å². The van der Waals surface area contributed by atoms with Gasteiger partial charge >= 0.3 is 0 Å². The lowest BCUT2D eigenvalue weighted by atomic mass is 10.1. The fourth-order valence-corrected chi connectivity index (χ4v) is 2.08. The molecule has 3 heteroatoms. The minimum Gasteiger partial charge on any atom is -0.507 e. The highest BCUT2D eigenvalue weighted by molar-refractivity contribution is 14.1. The van der Waals surface area contributed by atoms with Crippen molar-refractivity contribution in [2.24, 2.45) is 0 Å². The summed E-state index contributed by atoms with van der Waals surface area (Å²) in [5, 5.41) is 9.57. The van der Waals surface area contributed by atoms with Gasteiger partial charge in [0.2, 0.25) is 0 Å². The molecule has 0 aliphatic carbocycles. The van der Waals surface area contributed by atoms with Gasteiger partial charge in [0.05, 0.1) is 0 Å². The van der Waals surface area contributed by atoms with Crippen LogP contribution in [0, 0.1) is 3.57 Å². The van der Waals surface area contributed by atoms with Crippen molar-refractivity contribution in [2.75, 3.05) is 0 Å². The maximum absolute atomic E-state index is 11.9. The van der Waals surface area contributed by atoms with Crippen LogP contribution in [-0.4, -0.2) is 10.9 Å². The van der Waals surface area contributed by atoms with Crippen molar-refractivity contribution in [3.63, 3.8) is 0 Å². The Labute approximate surface area is 119 Å². The first kappa shape index (κ1) is 12.8. The second-order valence-corrected chi connectivity index (χ2v) is 5.01. The van der Waals surface area contributed by atoms with Gasteiger partial charge in [0.25, 0.3) is 0 Å². The summed E-state index contributed by atoms with van der Waals surface area (Å²) >= 11 is 2.17. The summed E-state index contributed by atoms with van der Waals surface area (Å²) in [4.78, 5) is 11.9. The Morgan fingerprint density at radius 1 is 1.11 bits per heavy atom. The zero-order chi connectivity index (χ0) is 13.0. The molecule has 0 amide bonds. The maximum Gasteiger partial charge on any atom is 0.185 e. The van der Waals surface area contributed by atoms with E-state index in [1.807, 2.05) is 24.3 Å². The lowest BCUT2D eigenvalue weighted by Crippen LogP contribution is -1.94. The van der Waals surface area contributed by atoms with E-state index in [0.717, 1.165) is 3.57 Å². The van der Waals surface area contributed by atoms with Crippen molar-refractivity contribution in [2.45, 2.75) is 0 Å². The zero-order valence-electron chi connectivity index (χ0n) is 9.51. The molecule has 2 aromatic carbocycles. The molecule has 90 valence electrons. The summed E-state index contributed by atoms with van der Waals surface area (Å²) < 4.78 is 1.02. The fraction of sp³-hybridized carbons (Fsp3) is 0. The molecule has 0 heterocycles. The van der Waals surface area contributed by atoms with Crippen LogP contribution in [0.25, 0.3) is 6.08 Å². The molecule has 2 nitrogen and oxygen atoms in total. The molecule has 1 N–H and O–H groups in total. The first-order chi connectivity index (χ1) is 8.66. The third-order valence-electron chi connectivity index (χ3n) is 2.46. The van der Waals surface area contributed by atoms with Crippen molar-refractivity contribution in [1.82, 2.24) is 0 Å². The van der Waals surface area contributed by atoms with E-state index in [9.17, 15) is 9.90 Å². The SMILES string of the molecule is O=C(/C=C/c1ccccc1O)c1cccc(I)c1. The van der Waals surface area contributed by atoms with Gasteiger partial charge in [-0.15, -0.1) is 0 Å². The number of hydrogen-bond donors (Lipinski definition) is 1. The predicted molar refractivity (Wildman–Crippen MR) is 80.6 cm³/mol. The smallest absolute Gasteiger partial charge is 0.185 e. The van der Waals surface area contributed by atoms with Crippen LogP contribution < -0.4 is 0 Å². The highest BCUT2D eigenvalue weighted by Crippen LogP contribution is 2.17. The van der Waals surface area contributed by atoms with Crippen LogP contribution in [-0.2, 0) is 0 Å². The van der Waals surface area contributed by atoms with Crippen LogP contribution in [0.15, 0.2) is 54.6 Å². The average molecular weight is 350 g/mol. The van der Waals surface area contributed by atoms with E-state index in [-0.39, 0.29) is 11.5 Å². The van der Waals surface area contributed by atoms with Gasteiger partial charge in [-0.1, -0.05) is 30.3 Å². The summed E-state index contributed by atoms with van der Waals surface area (Å²) in [6, 6.07) is 14.3. The van der Waals surface area contributed by atoms with Gasteiger partial charge in [0, 0.05) is 14.7 Å². The Morgan fingerprint density at radius 2 is 1.89 bits per heavy atom. The fourth-order valence-electron chi connectivity index (χ4n) is 1.53. The van der Waals surface area contributed by atoms with E-state index in [1.165, 1.54) is 6.08 Å². The molecule has 0 saturated carbocycles. The number of carbonyl (C=O) groups excluding carboxylic acids is 1. The molecule has 0 aliphatic heterocycles. The number of phenols is 1. The van der Waals surface area contributed by atoms with Gasteiger partial charge in [-0.3, -0.25) is 4.79 Å². The molecule has 0 saturated heterocycles. The molecule has 18 heavy (non-hydrogen) atoms. The molecule has 0 radical (unpaired) electrons. The molecule has 2 rings (SSSR count). The van der Waals surface area contributed by atoms with Crippen LogP contribution in [0.3, 0.4) is 0 Å². The van der Waals surface area contributed by atoms with Gasteiger partial charge < -0.3 is 5.11 Å². The first-order valence-corrected chi connectivity index (χ1v) is 6.50. The Morgan fingerprint density at radius 3 is 2.61 bits per heavy atom. The predicted octanol–water partition coefficient (Wildman–Crippen LogP) is 3.89. The Bertz CT molecular complexity index is 603. The Balaban J connectivity index is 2.20. The lowest BCUT2D eigenvalue weighted by molar-refractivity contribution is 0.104. The number of benzene rings is 2. The number of ketones is 1. The molecular weight excluding hydrogens is 339 g/mol. The normalized spacial score (nSPS) is 10.7. The molecule has 2 aromatic rings. The van der Waals surface area contributed by atoms with Crippen LogP contribution in [0.5, 0.6) is 5.75 Å². The van der Waals surface area contributed by atoms with E-state index < -0.39 is 0 Å². The van der Waals surface area contributed by atoms with E-state index in [4.69, 9.17) is 0 Å². The second-order valence-electron chi connectivity index (χ2n) is 3.77. The molecule has 0 fully saturated rings. The molecule has 0 unspecified atom stereocenters. The number of allylic oxidation sites excluding steroid dienone is 1. The number of hydrogen-bond acceptors (Lipinski definition) is 2. The summed E-state index contributed by atoms with van der Waals surface area (Å²) in [5.74, 6) is 0.0981. The first-order valence-electron chi connectivity index (χ1n) is 5.43. The monoisotopic (exact) mass is 350 g/mol. The van der Waals surface area contributed by atoms with E-state index in [2.05, 4.69) is 22.6 Å². The Hall–Kier alpha value is -1.62. The van der Waals surface area contributed by atoms with Crippen molar-refractivity contribution in [3.05, 3.63) is 69.3 Å². The van der Waals surface area contributed by atoms with E-state index in [1.54, 1.807) is 30.3 Å². The minimum atomic E-state index is -0.0724. The molecule has 0 aromatic heterocycles. The van der Waals surface area contributed by atoms with Gasteiger partial charge in [0.1, 0.15) is 5.75 Å². The van der Waals surface area contributed by atoms with Crippen molar-refractivity contribution in [3.8, 4) is 5.75 Å². The zero-order valence-corrected chi connectivity index (χ0v) is 11.7. The third kappa shape index (κ3) is 3.20. The minimum absolute atomic E-state index is 0.0724. The highest BCUT2D eigenvalue weighted by atomic mass is 127. The van der Waals surface area contributed by atoms with Crippen molar-refractivity contribution < 1.29 is 9.90 Å². The van der Waals surface area contributed by atoms with Crippen LogP contribution in [0.2, 0.25) is 0 Å². The topological polar surface area (TPSA) is 37.3 Å². The van der Waals surface area contributed by atoms with Crippen molar-refractivity contribution in [1.29, 1.82) is 0 Å². The van der Waals surface area contributed by atoms with Gasteiger partial charge in [0.15, 0.2) is 5.78 Å². The van der Waals surface area contributed by atoms with Crippen LogP contribution in [0.1, 0.15) is 15.9 Å². The molecule has 0 atom stereocenters. The molecule has 0 bridgehead atoms. The van der Waals surface area contributed by atoms with E-state index in [0.29, 0.717) is 11.1 Å². The number of halogens is 1. The largest absolute Gasteiger partial charge is 0.507 e. The number of rotatable bonds is 3. The lowest BCUT2D eigenvalue weighted by Gasteiger charge is -1.98. The maximum atomic E-state index is 11.9. The second kappa shape index (κ2) is 5.82. The average Bonchev–Trinajstić information content (AvgIpc) is 2.37. The van der Waals surface area contributed by atoms with E-state index >= 15 is 0 Å². The number of carbonyl (C=O) groups is 1. The summed E-state index contributed by atoms with van der Waals surface area (Å²) in [6.07, 6.45) is 3.10. The van der Waals surface area contributed by atoms with Crippen LogP contribution in [0.4, 0.5) is 0 Å². The third-order valence-corrected chi connectivity index (χ3v) is 3.13. The quantitative estimate of drug-likeness (QED) is 0.518. The standard InChI is InChI=1S/C15H11IO2/c16-13-6-3-5-12(10-13)15(18)9-8-11-4-1-2-7-14(11)17/h1-10,17H/b9-8+. The number of aromatic hydroxyl groups is 1. The van der Waals surface area contributed by atoms with Gasteiger partial charge in [-0.05, 0) is 52.9 Å². The van der Waals surface area contributed by atoms with Crippen LogP contribution >= 0.6 is 22.6 Å². The summed E-state index contributed by atoms with van der Waals surface area (Å²) in [7, 11) is 0.